The number of carboxylic acid groups (broad SMARTS) is 1. The lowest BCUT2D eigenvalue weighted by molar-refractivity contribution is -0.131. The van der Waals surface area contributed by atoms with E-state index in [1.807, 2.05) is 12.1 Å². The Kier molecular flexibility index (Phi) is 6.18. The van der Waals surface area contributed by atoms with Gasteiger partial charge in [-0.2, -0.15) is 5.26 Å². The summed E-state index contributed by atoms with van der Waals surface area (Å²) in [5.41, 5.74) is 1.88. The number of ether oxygens (including phenoxy) is 2. The molecule has 1 heterocycles. The highest BCUT2D eigenvalue weighted by atomic mass is 19.1. The van der Waals surface area contributed by atoms with Crippen molar-refractivity contribution in [2.45, 2.75) is 6.61 Å². The molecule has 0 unspecified atom stereocenters. The molecule has 0 saturated heterocycles. The van der Waals surface area contributed by atoms with Crippen molar-refractivity contribution in [3.63, 3.8) is 0 Å². The van der Waals surface area contributed by atoms with E-state index in [0.29, 0.717) is 23.5 Å². The molecule has 0 aliphatic heterocycles. The maximum atomic E-state index is 14.1. The third-order valence-corrected chi connectivity index (χ3v) is 3.79. The van der Waals surface area contributed by atoms with Gasteiger partial charge in [-0.3, -0.25) is 0 Å². The van der Waals surface area contributed by atoms with E-state index in [9.17, 15) is 9.18 Å². The summed E-state index contributed by atoms with van der Waals surface area (Å²) in [6.45, 7) is 0.313. The van der Waals surface area contributed by atoms with Crippen molar-refractivity contribution >= 4 is 12.0 Å². The van der Waals surface area contributed by atoms with Gasteiger partial charge >= 0.3 is 5.97 Å². The third kappa shape index (κ3) is 5.65. The van der Waals surface area contributed by atoms with Crippen LogP contribution in [0.4, 0.5) is 4.39 Å². The molecule has 0 aliphatic carbocycles. The van der Waals surface area contributed by atoms with Gasteiger partial charge in [0.2, 0.25) is 5.88 Å². The Labute approximate surface area is 166 Å². The van der Waals surface area contributed by atoms with Gasteiger partial charge in [-0.25, -0.2) is 14.2 Å². The van der Waals surface area contributed by atoms with E-state index in [4.69, 9.17) is 19.8 Å². The number of carbonyl (C=O) groups is 1. The first-order valence-corrected chi connectivity index (χ1v) is 8.50. The van der Waals surface area contributed by atoms with Crippen molar-refractivity contribution in [1.82, 2.24) is 4.98 Å². The van der Waals surface area contributed by atoms with Crippen LogP contribution in [0.2, 0.25) is 0 Å². The lowest BCUT2D eigenvalue weighted by atomic mass is 10.2. The van der Waals surface area contributed by atoms with Crippen molar-refractivity contribution in [3.8, 4) is 23.4 Å². The van der Waals surface area contributed by atoms with E-state index in [0.717, 1.165) is 11.6 Å². The number of hydrogen-bond donors (Lipinski definition) is 1. The zero-order chi connectivity index (χ0) is 20.6. The second kappa shape index (κ2) is 9.15. The van der Waals surface area contributed by atoms with E-state index in [-0.39, 0.29) is 11.6 Å². The highest BCUT2D eigenvalue weighted by Gasteiger charge is 2.07. The Morgan fingerprint density at radius 3 is 2.59 bits per heavy atom. The van der Waals surface area contributed by atoms with E-state index < -0.39 is 11.8 Å². The second-order valence-electron chi connectivity index (χ2n) is 5.89. The number of nitrogens with zero attached hydrogens (tertiary/aromatic N) is 2. The summed E-state index contributed by atoms with van der Waals surface area (Å²) in [5.74, 6) is -1.09. The molecule has 1 aromatic heterocycles. The number of carboxylic acids is 1. The van der Waals surface area contributed by atoms with Crippen LogP contribution in [0.5, 0.6) is 17.4 Å². The smallest absolute Gasteiger partial charge is 0.328 e. The molecular weight excluding hydrogens is 375 g/mol. The van der Waals surface area contributed by atoms with Crippen LogP contribution in [0.25, 0.3) is 6.08 Å². The Hall–Kier alpha value is -4.18. The predicted molar refractivity (Wildman–Crippen MR) is 103 cm³/mol. The minimum absolute atomic E-state index is 0.0313. The Balaban J connectivity index is 1.60. The number of rotatable bonds is 7. The lowest BCUT2D eigenvalue weighted by Gasteiger charge is -2.09. The number of hydrogen-bond acceptors (Lipinski definition) is 5. The molecule has 0 fully saturated rings. The molecule has 29 heavy (non-hydrogen) atoms. The summed E-state index contributed by atoms with van der Waals surface area (Å²) in [6, 6.07) is 16.4. The van der Waals surface area contributed by atoms with Crippen LogP contribution < -0.4 is 9.47 Å². The fourth-order valence-corrected chi connectivity index (χ4v) is 2.34. The number of aliphatic carboxylic acids is 1. The summed E-state index contributed by atoms with van der Waals surface area (Å²) in [7, 11) is 0. The number of nitriles is 1. The van der Waals surface area contributed by atoms with E-state index >= 15 is 0 Å². The summed E-state index contributed by atoms with van der Waals surface area (Å²) in [4.78, 5) is 14.6. The van der Waals surface area contributed by atoms with Crippen LogP contribution in [-0.4, -0.2) is 16.1 Å². The number of pyridine rings is 1. The topological polar surface area (TPSA) is 92.4 Å². The van der Waals surface area contributed by atoms with Crippen LogP contribution in [0.1, 0.15) is 16.7 Å². The number of halogens is 1. The van der Waals surface area contributed by atoms with Gasteiger partial charge < -0.3 is 14.6 Å². The molecule has 3 aromatic rings. The maximum absolute atomic E-state index is 14.1. The Bertz CT molecular complexity index is 1070. The fraction of sp³-hybridized carbons (Fsp3) is 0.0455. The molecule has 3 rings (SSSR count). The molecule has 0 aliphatic rings. The van der Waals surface area contributed by atoms with Crippen LogP contribution in [0, 0.1) is 17.1 Å². The van der Waals surface area contributed by atoms with Crippen molar-refractivity contribution in [1.29, 1.82) is 5.26 Å². The summed E-state index contributed by atoms with van der Waals surface area (Å²) in [6.07, 6.45) is 3.67. The average Bonchev–Trinajstić information content (AvgIpc) is 2.74. The SMILES string of the molecule is N#Cc1ccc(COc2ccc(Oc3ccc(/C=C/C(=O)O)cc3F)nc2)cc1. The van der Waals surface area contributed by atoms with Gasteiger partial charge in [-0.1, -0.05) is 18.2 Å². The van der Waals surface area contributed by atoms with Crippen LogP contribution in [-0.2, 0) is 11.4 Å². The van der Waals surface area contributed by atoms with Crippen LogP contribution in [0.15, 0.2) is 66.9 Å². The van der Waals surface area contributed by atoms with Gasteiger partial charge in [0.05, 0.1) is 17.8 Å². The van der Waals surface area contributed by atoms with E-state index in [2.05, 4.69) is 11.1 Å². The van der Waals surface area contributed by atoms with Gasteiger partial charge in [0, 0.05) is 12.1 Å². The molecular formula is C22H15FN2O4. The first-order chi connectivity index (χ1) is 14.0. The standard InChI is InChI=1S/C22H15FN2O4/c23-19-11-15(6-10-22(26)27)5-8-20(19)29-21-9-7-18(13-25-21)28-14-17-3-1-16(12-24)2-4-17/h1-11,13H,14H2,(H,26,27)/b10-6+. The highest BCUT2D eigenvalue weighted by molar-refractivity contribution is 5.85. The summed E-state index contributed by atoms with van der Waals surface area (Å²) >= 11 is 0. The van der Waals surface area contributed by atoms with Gasteiger partial charge in [0.1, 0.15) is 12.4 Å². The lowest BCUT2D eigenvalue weighted by Crippen LogP contribution is -1.97. The first-order valence-electron chi connectivity index (χ1n) is 8.50. The highest BCUT2D eigenvalue weighted by Crippen LogP contribution is 2.25. The Morgan fingerprint density at radius 2 is 1.97 bits per heavy atom. The van der Waals surface area contributed by atoms with E-state index in [1.54, 1.807) is 24.3 Å². The average molecular weight is 390 g/mol. The molecule has 0 atom stereocenters. The molecule has 7 heteroatoms. The molecule has 0 bridgehead atoms. The monoisotopic (exact) mass is 390 g/mol. The van der Waals surface area contributed by atoms with Crippen molar-refractivity contribution in [3.05, 3.63) is 89.4 Å². The third-order valence-electron chi connectivity index (χ3n) is 3.79. The minimum atomic E-state index is -1.11. The zero-order valence-corrected chi connectivity index (χ0v) is 15.1. The van der Waals surface area contributed by atoms with Gasteiger partial charge in [0.25, 0.3) is 0 Å². The van der Waals surface area contributed by atoms with Gasteiger partial charge in [-0.05, 0) is 47.5 Å². The molecule has 1 N–H and O–H groups in total. The molecule has 0 saturated carbocycles. The van der Waals surface area contributed by atoms with Crippen molar-refractivity contribution in [2.75, 3.05) is 0 Å². The quantitative estimate of drug-likeness (QED) is 0.595. The maximum Gasteiger partial charge on any atom is 0.328 e. The molecule has 0 radical (unpaired) electrons. The minimum Gasteiger partial charge on any atom is -0.487 e. The van der Waals surface area contributed by atoms with Crippen molar-refractivity contribution in [2.24, 2.45) is 0 Å². The molecule has 2 aromatic carbocycles. The molecule has 144 valence electrons. The summed E-state index contributed by atoms with van der Waals surface area (Å²) < 4.78 is 25.2. The largest absolute Gasteiger partial charge is 0.487 e. The van der Waals surface area contributed by atoms with Crippen LogP contribution in [0.3, 0.4) is 0 Å². The molecule has 0 amide bonds. The number of aromatic nitrogens is 1. The Morgan fingerprint density at radius 1 is 1.17 bits per heavy atom. The zero-order valence-electron chi connectivity index (χ0n) is 15.1. The normalized spacial score (nSPS) is 10.5. The number of benzene rings is 2. The van der Waals surface area contributed by atoms with Crippen LogP contribution >= 0.6 is 0 Å². The second-order valence-corrected chi connectivity index (χ2v) is 5.89. The van der Waals surface area contributed by atoms with Crippen molar-refractivity contribution < 1.29 is 23.8 Å². The molecule has 0 spiro atoms. The summed E-state index contributed by atoms with van der Waals surface area (Å²) in [5, 5.41) is 17.4. The van der Waals surface area contributed by atoms with Gasteiger partial charge in [0.15, 0.2) is 11.6 Å². The first kappa shape index (κ1) is 19.6. The van der Waals surface area contributed by atoms with E-state index in [1.165, 1.54) is 30.5 Å². The van der Waals surface area contributed by atoms with Gasteiger partial charge in [-0.15, -0.1) is 0 Å². The fourth-order valence-electron chi connectivity index (χ4n) is 2.34. The molecule has 6 nitrogen and oxygen atoms in total. The predicted octanol–water partition coefficient (Wildman–Crippen LogP) is 4.56.